The molecule has 1 aromatic heterocycles. The Kier molecular flexibility index (Phi) is 5.17. The molecule has 0 spiro atoms. The van der Waals surface area contributed by atoms with Crippen LogP contribution < -0.4 is 4.72 Å². The van der Waals surface area contributed by atoms with Crippen LogP contribution in [0.5, 0.6) is 0 Å². The van der Waals surface area contributed by atoms with Crippen molar-refractivity contribution < 1.29 is 8.42 Å². The van der Waals surface area contributed by atoms with E-state index in [-0.39, 0.29) is 8.68 Å². The fourth-order valence-corrected chi connectivity index (χ4v) is 3.69. The van der Waals surface area contributed by atoms with Gasteiger partial charge in [0.1, 0.15) is 0 Å². The normalized spacial score (nSPS) is 12.2. The summed E-state index contributed by atoms with van der Waals surface area (Å²) < 4.78 is 26.5. The highest BCUT2D eigenvalue weighted by Gasteiger charge is 2.18. The summed E-state index contributed by atoms with van der Waals surface area (Å²) in [5.74, 6) is 0.373. The van der Waals surface area contributed by atoms with Crippen LogP contribution in [0.1, 0.15) is 26.7 Å². The second-order valence-electron chi connectivity index (χ2n) is 3.47. The minimum atomic E-state index is -3.43. The maximum Gasteiger partial charge on any atom is 0.251 e. The van der Waals surface area contributed by atoms with Gasteiger partial charge in [0.25, 0.3) is 10.0 Å². The van der Waals surface area contributed by atoms with Crippen LogP contribution in [0, 0.1) is 5.92 Å². The maximum absolute atomic E-state index is 11.8. The maximum atomic E-state index is 11.8. The Balaban J connectivity index is 2.66. The number of aromatic nitrogens is 1. The first-order valence-electron chi connectivity index (χ1n) is 5.10. The lowest BCUT2D eigenvalue weighted by Gasteiger charge is -2.12. The molecule has 16 heavy (non-hydrogen) atoms. The SMILES string of the molecule is CCC(CC)CNS(=O)(=O)c1cnc(Cl)s1. The first-order valence-corrected chi connectivity index (χ1v) is 7.78. The first-order chi connectivity index (χ1) is 7.49. The molecular formula is C9H15ClN2O2S2. The van der Waals surface area contributed by atoms with Gasteiger partial charge in [0.2, 0.25) is 0 Å². The van der Waals surface area contributed by atoms with E-state index in [1.807, 2.05) is 13.8 Å². The minimum Gasteiger partial charge on any atom is -0.232 e. The Morgan fingerprint density at radius 3 is 2.56 bits per heavy atom. The third kappa shape index (κ3) is 3.69. The number of thiazole rings is 1. The van der Waals surface area contributed by atoms with Crippen LogP contribution in [0.2, 0.25) is 4.47 Å². The fourth-order valence-electron chi connectivity index (χ4n) is 1.24. The zero-order chi connectivity index (χ0) is 12.2. The molecule has 1 aromatic rings. The van der Waals surface area contributed by atoms with Crippen molar-refractivity contribution in [3.63, 3.8) is 0 Å². The van der Waals surface area contributed by atoms with E-state index >= 15 is 0 Å². The quantitative estimate of drug-likeness (QED) is 0.872. The molecule has 0 saturated heterocycles. The predicted octanol–water partition coefficient (Wildman–Crippen LogP) is 2.51. The molecule has 0 fully saturated rings. The highest BCUT2D eigenvalue weighted by atomic mass is 35.5. The molecule has 7 heteroatoms. The van der Waals surface area contributed by atoms with E-state index in [0.29, 0.717) is 12.5 Å². The van der Waals surface area contributed by atoms with Gasteiger partial charge in [-0.25, -0.2) is 18.1 Å². The number of nitrogens with one attached hydrogen (secondary N) is 1. The zero-order valence-corrected chi connectivity index (χ0v) is 11.6. The van der Waals surface area contributed by atoms with Gasteiger partial charge in [-0.1, -0.05) is 49.6 Å². The third-order valence-electron chi connectivity index (χ3n) is 2.44. The van der Waals surface area contributed by atoms with Crippen molar-refractivity contribution in [2.24, 2.45) is 5.92 Å². The van der Waals surface area contributed by atoms with Gasteiger partial charge in [-0.05, 0) is 5.92 Å². The largest absolute Gasteiger partial charge is 0.251 e. The lowest BCUT2D eigenvalue weighted by molar-refractivity contribution is 0.479. The molecule has 1 rings (SSSR count). The molecule has 0 aliphatic heterocycles. The smallest absolute Gasteiger partial charge is 0.232 e. The Bertz CT molecular complexity index is 426. The second-order valence-corrected chi connectivity index (χ2v) is 7.07. The van der Waals surface area contributed by atoms with Crippen LogP contribution in [0.4, 0.5) is 0 Å². The van der Waals surface area contributed by atoms with Gasteiger partial charge in [-0.15, -0.1) is 0 Å². The van der Waals surface area contributed by atoms with Crippen molar-refractivity contribution in [3.8, 4) is 0 Å². The molecule has 1 heterocycles. The molecule has 0 saturated carbocycles. The van der Waals surface area contributed by atoms with Crippen LogP contribution >= 0.6 is 22.9 Å². The summed E-state index contributed by atoms with van der Waals surface area (Å²) in [6.07, 6.45) is 3.20. The number of hydrogen-bond acceptors (Lipinski definition) is 4. The van der Waals surface area contributed by atoms with Gasteiger partial charge in [0.15, 0.2) is 8.68 Å². The molecule has 0 bridgehead atoms. The molecule has 0 aliphatic carbocycles. The van der Waals surface area contributed by atoms with Crippen molar-refractivity contribution in [2.45, 2.75) is 30.9 Å². The van der Waals surface area contributed by atoms with Gasteiger partial charge in [-0.2, -0.15) is 0 Å². The molecule has 0 aliphatic rings. The molecule has 0 radical (unpaired) electrons. The number of halogens is 1. The standard InChI is InChI=1S/C9H15ClN2O2S2/c1-3-7(4-2)5-12-16(13,14)8-6-11-9(10)15-8/h6-7,12H,3-5H2,1-2H3. The van der Waals surface area contributed by atoms with Crippen LogP contribution in [0.3, 0.4) is 0 Å². The second kappa shape index (κ2) is 5.95. The first kappa shape index (κ1) is 13.9. The summed E-state index contributed by atoms with van der Waals surface area (Å²) in [5, 5.41) is 0. The molecule has 0 amide bonds. The molecule has 0 atom stereocenters. The molecule has 92 valence electrons. The number of sulfonamides is 1. The van der Waals surface area contributed by atoms with Gasteiger partial charge in [0.05, 0.1) is 6.20 Å². The zero-order valence-electron chi connectivity index (χ0n) is 9.23. The summed E-state index contributed by atoms with van der Waals surface area (Å²) in [6, 6.07) is 0. The molecular weight excluding hydrogens is 268 g/mol. The third-order valence-corrected chi connectivity index (χ3v) is 5.44. The van der Waals surface area contributed by atoms with Crippen LogP contribution in [-0.2, 0) is 10.0 Å². The molecule has 1 N–H and O–H groups in total. The Labute approximate surface area is 105 Å². The van der Waals surface area contributed by atoms with E-state index in [9.17, 15) is 8.42 Å². The van der Waals surface area contributed by atoms with Gasteiger partial charge in [-0.3, -0.25) is 0 Å². The number of hydrogen-bond donors (Lipinski definition) is 1. The fraction of sp³-hybridized carbons (Fsp3) is 0.667. The Hall–Kier alpha value is -0.170. The van der Waals surface area contributed by atoms with Gasteiger partial charge < -0.3 is 0 Å². The average molecular weight is 283 g/mol. The van der Waals surface area contributed by atoms with E-state index in [4.69, 9.17) is 11.6 Å². The number of rotatable bonds is 6. The van der Waals surface area contributed by atoms with E-state index in [0.717, 1.165) is 24.2 Å². The van der Waals surface area contributed by atoms with Crippen molar-refractivity contribution in [2.75, 3.05) is 6.54 Å². The van der Waals surface area contributed by atoms with Gasteiger partial charge in [0, 0.05) is 6.54 Å². The summed E-state index contributed by atoms with van der Waals surface area (Å²) in [4.78, 5) is 3.72. The Morgan fingerprint density at radius 2 is 2.12 bits per heavy atom. The average Bonchev–Trinajstić information content (AvgIpc) is 2.67. The predicted molar refractivity (Wildman–Crippen MR) is 66.4 cm³/mol. The highest BCUT2D eigenvalue weighted by Crippen LogP contribution is 2.22. The van der Waals surface area contributed by atoms with Crippen molar-refractivity contribution in [1.82, 2.24) is 9.71 Å². The number of nitrogens with zero attached hydrogens (tertiary/aromatic N) is 1. The topological polar surface area (TPSA) is 59.1 Å². The van der Waals surface area contributed by atoms with Crippen LogP contribution in [0.15, 0.2) is 10.4 Å². The summed E-state index contributed by atoms with van der Waals surface area (Å²) >= 11 is 6.56. The summed E-state index contributed by atoms with van der Waals surface area (Å²) in [7, 11) is -3.43. The summed E-state index contributed by atoms with van der Waals surface area (Å²) in [6.45, 7) is 4.56. The molecule has 0 aromatic carbocycles. The highest BCUT2D eigenvalue weighted by molar-refractivity contribution is 7.91. The monoisotopic (exact) mass is 282 g/mol. The van der Waals surface area contributed by atoms with Crippen molar-refractivity contribution >= 4 is 33.0 Å². The van der Waals surface area contributed by atoms with Crippen LogP contribution in [-0.4, -0.2) is 19.9 Å². The van der Waals surface area contributed by atoms with Crippen LogP contribution in [0.25, 0.3) is 0 Å². The minimum absolute atomic E-state index is 0.170. The van der Waals surface area contributed by atoms with E-state index in [1.165, 1.54) is 6.20 Å². The Morgan fingerprint density at radius 1 is 1.50 bits per heavy atom. The van der Waals surface area contributed by atoms with Crippen molar-refractivity contribution in [3.05, 3.63) is 10.7 Å². The van der Waals surface area contributed by atoms with E-state index < -0.39 is 10.0 Å². The molecule has 0 unspecified atom stereocenters. The summed E-state index contributed by atoms with van der Waals surface area (Å²) in [5.41, 5.74) is 0. The van der Waals surface area contributed by atoms with Gasteiger partial charge >= 0.3 is 0 Å². The lowest BCUT2D eigenvalue weighted by atomic mass is 10.0. The lowest BCUT2D eigenvalue weighted by Crippen LogP contribution is -2.28. The van der Waals surface area contributed by atoms with Crippen molar-refractivity contribution in [1.29, 1.82) is 0 Å². The molecule has 4 nitrogen and oxygen atoms in total. The van der Waals surface area contributed by atoms with E-state index in [1.54, 1.807) is 0 Å². The van der Waals surface area contributed by atoms with E-state index in [2.05, 4.69) is 9.71 Å².